The molecule has 0 unspecified atom stereocenters. The lowest BCUT2D eigenvalue weighted by atomic mass is 10.3. The third-order valence-electron chi connectivity index (χ3n) is 2.70. The molecule has 114 valence electrons. The van der Waals surface area contributed by atoms with Crippen LogP contribution in [0.2, 0.25) is 0 Å². The van der Waals surface area contributed by atoms with Crippen LogP contribution in [-0.4, -0.2) is 37.0 Å². The Kier molecular flexibility index (Phi) is 4.49. The minimum absolute atomic E-state index is 0.117. The molecule has 3 aromatic rings. The molecule has 3 aromatic heterocycles. The van der Waals surface area contributed by atoms with Gasteiger partial charge in [0, 0.05) is 13.1 Å². The van der Waals surface area contributed by atoms with E-state index < -0.39 is 0 Å². The van der Waals surface area contributed by atoms with E-state index in [9.17, 15) is 4.79 Å². The van der Waals surface area contributed by atoms with E-state index in [-0.39, 0.29) is 11.7 Å². The van der Waals surface area contributed by atoms with E-state index in [1.165, 1.54) is 16.4 Å². The van der Waals surface area contributed by atoms with Crippen LogP contribution in [0.1, 0.15) is 5.69 Å². The highest BCUT2D eigenvalue weighted by Crippen LogP contribution is 2.25. The number of rotatable bonds is 6. The highest BCUT2D eigenvalue weighted by Gasteiger charge is 2.10. The van der Waals surface area contributed by atoms with E-state index in [4.69, 9.17) is 4.52 Å². The lowest BCUT2D eigenvalue weighted by Crippen LogP contribution is -2.24. The van der Waals surface area contributed by atoms with Crippen molar-refractivity contribution in [1.29, 1.82) is 0 Å². The number of amides is 1. The predicted molar refractivity (Wildman–Crippen MR) is 81.2 cm³/mol. The summed E-state index contributed by atoms with van der Waals surface area (Å²) >= 11 is 2.85. The Labute approximate surface area is 133 Å². The molecule has 3 heterocycles. The zero-order chi connectivity index (χ0) is 15.4. The third kappa shape index (κ3) is 3.52. The molecular weight excluding hydrogens is 324 g/mol. The van der Waals surface area contributed by atoms with Crippen molar-refractivity contribution in [1.82, 2.24) is 30.7 Å². The first-order chi connectivity index (χ1) is 10.7. The van der Waals surface area contributed by atoms with Crippen LogP contribution in [0.15, 0.2) is 33.3 Å². The zero-order valence-corrected chi connectivity index (χ0v) is 13.2. The maximum atomic E-state index is 11.8. The van der Waals surface area contributed by atoms with Gasteiger partial charge in [-0.2, -0.15) is 0 Å². The molecule has 0 spiro atoms. The number of tetrazole rings is 1. The highest BCUT2D eigenvalue weighted by molar-refractivity contribution is 7.99. The van der Waals surface area contributed by atoms with Gasteiger partial charge in [-0.15, -0.1) is 16.4 Å². The second-order valence-electron chi connectivity index (χ2n) is 4.31. The number of hydrogen-bond acceptors (Lipinski definition) is 8. The summed E-state index contributed by atoms with van der Waals surface area (Å²) in [6, 6.07) is 5.73. The highest BCUT2D eigenvalue weighted by atomic mass is 32.2. The van der Waals surface area contributed by atoms with E-state index >= 15 is 0 Å². The summed E-state index contributed by atoms with van der Waals surface area (Å²) in [5, 5.41) is 20.3. The molecule has 0 radical (unpaired) electrons. The Morgan fingerprint density at radius 3 is 3.18 bits per heavy atom. The third-order valence-corrected chi connectivity index (χ3v) is 4.60. The quantitative estimate of drug-likeness (QED) is 0.678. The average molecular weight is 336 g/mol. The predicted octanol–water partition coefficient (Wildman–Crippen LogP) is 1.34. The summed E-state index contributed by atoms with van der Waals surface area (Å²) in [5.41, 5.74) is 0.682. The molecule has 0 aliphatic heterocycles. The Morgan fingerprint density at radius 2 is 2.45 bits per heavy atom. The number of hydrogen-bond donors (Lipinski definition) is 1. The molecule has 3 rings (SSSR count). The molecule has 0 atom stereocenters. The molecule has 1 N–H and O–H groups in total. The Hall–Kier alpha value is -2.20. The number of nitrogens with zero attached hydrogens (tertiary/aromatic N) is 5. The molecule has 0 saturated carbocycles. The van der Waals surface area contributed by atoms with Crippen LogP contribution in [0.5, 0.6) is 0 Å². The maximum Gasteiger partial charge on any atom is 0.230 e. The Morgan fingerprint density at radius 1 is 1.55 bits per heavy atom. The summed E-state index contributed by atoms with van der Waals surface area (Å²) in [7, 11) is 1.72. The molecule has 8 nitrogen and oxygen atoms in total. The molecule has 1 amide bonds. The number of carbonyl (C=O) groups is 1. The number of carbonyl (C=O) groups excluding carboxylic acids is 1. The van der Waals surface area contributed by atoms with Gasteiger partial charge in [0.05, 0.1) is 17.2 Å². The van der Waals surface area contributed by atoms with Crippen molar-refractivity contribution < 1.29 is 9.32 Å². The average Bonchev–Trinajstić information content (AvgIpc) is 3.24. The van der Waals surface area contributed by atoms with Gasteiger partial charge in [-0.25, -0.2) is 4.68 Å². The van der Waals surface area contributed by atoms with Crippen LogP contribution in [-0.2, 0) is 18.4 Å². The number of aromatic nitrogens is 5. The number of nitrogens with one attached hydrogen (secondary N) is 1. The SMILES string of the molecule is Cn1nnnc1SCC(=O)NCc1cc(-c2cccs2)on1. The minimum Gasteiger partial charge on any atom is -0.355 e. The zero-order valence-electron chi connectivity index (χ0n) is 11.6. The molecular formula is C12H12N6O2S2. The molecule has 0 aromatic carbocycles. The lowest BCUT2D eigenvalue weighted by molar-refractivity contribution is -0.118. The van der Waals surface area contributed by atoms with Crippen LogP contribution in [0, 0.1) is 0 Å². The first-order valence-electron chi connectivity index (χ1n) is 6.33. The smallest absolute Gasteiger partial charge is 0.230 e. The standard InChI is InChI=1S/C12H12N6O2S2/c1-18-12(14-16-17-18)22-7-11(19)13-6-8-5-9(20-15-8)10-3-2-4-21-10/h2-5H,6-7H2,1H3,(H,13,19). The van der Waals surface area contributed by atoms with Gasteiger partial charge in [0.25, 0.3) is 0 Å². The van der Waals surface area contributed by atoms with Crippen LogP contribution < -0.4 is 5.32 Å². The molecule has 0 aliphatic carbocycles. The number of aryl methyl sites for hydroxylation is 1. The number of thioether (sulfide) groups is 1. The summed E-state index contributed by atoms with van der Waals surface area (Å²) in [6.45, 7) is 0.325. The maximum absolute atomic E-state index is 11.8. The second-order valence-corrected chi connectivity index (χ2v) is 6.20. The van der Waals surface area contributed by atoms with Crippen molar-refractivity contribution in [2.24, 2.45) is 7.05 Å². The van der Waals surface area contributed by atoms with E-state index in [1.54, 1.807) is 18.4 Å². The summed E-state index contributed by atoms with van der Waals surface area (Å²) in [4.78, 5) is 12.8. The van der Waals surface area contributed by atoms with Crippen molar-refractivity contribution in [3.05, 3.63) is 29.3 Å². The van der Waals surface area contributed by atoms with Crippen LogP contribution in [0.3, 0.4) is 0 Å². The molecule has 0 fully saturated rings. The molecule has 10 heteroatoms. The van der Waals surface area contributed by atoms with Gasteiger partial charge in [0.1, 0.15) is 5.69 Å². The molecule has 0 saturated heterocycles. The molecule has 0 aliphatic rings. The number of thiophene rings is 1. The topological polar surface area (TPSA) is 98.7 Å². The van der Waals surface area contributed by atoms with Gasteiger partial charge in [0.2, 0.25) is 11.1 Å². The van der Waals surface area contributed by atoms with Crippen molar-refractivity contribution in [2.75, 3.05) is 5.75 Å². The lowest BCUT2D eigenvalue weighted by Gasteiger charge is -2.01. The fraction of sp³-hybridized carbons (Fsp3) is 0.250. The summed E-state index contributed by atoms with van der Waals surface area (Å²) < 4.78 is 6.77. The second kappa shape index (κ2) is 6.71. The minimum atomic E-state index is -0.117. The summed E-state index contributed by atoms with van der Waals surface area (Å²) in [6.07, 6.45) is 0. The van der Waals surface area contributed by atoms with Gasteiger partial charge >= 0.3 is 0 Å². The van der Waals surface area contributed by atoms with Gasteiger partial charge in [0.15, 0.2) is 5.76 Å². The van der Waals surface area contributed by atoms with E-state index in [0.717, 1.165) is 4.88 Å². The van der Waals surface area contributed by atoms with Crippen molar-refractivity contribution in [2.45, 2.75) is 11.7 Å². The monoisotopic (exact) mass is 336 g/mol. The Bertz CT molecular complexity index is 751. The van der Waals surface area contributed by atoms with E-state index in [2.05, 4.69) is 26.0 Å². The fourth-order valence-electron chi connectivity index (χ4n) is 1.64. The molecule has 0 bridgehead atoms. The largest absolute Gasteiger partial charge is 0.355 e. The van der Waals surface area contributed by atoms with Crippen molar-refractivity contribution in [3.63, 3.8) is 0 Å². The molecule has 22 heavy (non-hydrogen) atoms. The van der Waals surface area contributed by atoms with Crippen molar-refractivity contribution >= 4 is 29.0 Å². The Balaban J connectivity index is 1.48. The fourth-order valence-corrected chi connectivity index (χ4v) is 3.00. The van der Waals surface area contributed by atoms with Crippen LogP contribution >= 0.6 is 23.1 Å². The van der Waals surface area contributed by atoms with Gasteiger partial charge in [-0.1, -0.05) is 23.0 Å². The van der Waals surface area contributed by atoms with Crippen LogP contribution in [0.25, 0.3) is 10.6 Å². The van der Waals surface area contributed by atoms with Gasteiger partial charge < -0.3 is 9.84 Å². The van der Waals surface area contributed by atoms with E-state index in [0.29, 0.717) is 23.2 Å². The first kappa shape index (κ1) is 14.7. The van der Waals surface area contributed by atoms with Crippen LogP contribution in [0.4, 0.5) is 0 Å². The van der Waals surface area contributed by atoms with Gasteiger partial charge in [-0.05, 0) is 21.9 Å². The first-order valence-corrected chi connectivity index (χ1v) is 8.20. The summed E-state index contributed by atoms with van der Waals surface area (Å²) in [5.74, 6) is 0.830. The normalized spacial score (nSPS) is 10.8. The van der Waals surface area contributed by atoms with Crippen molar-refractivity contribution in [3.8, 4) is 10.6 Å². The van der Waals surface area contributed by atoms with E-state index in [1.807, 2.05) is 23.6 Å². The van der Waals surface area contributed by atoms with Gasteiger partial charge in [-0.3, -0.25) is 4.79 Å².